The van der Waals surface area contributed by atoms with Crippen molar-refractivity contribution in [3.8, 4) is 0 Å². The van der Waals surface area contributed by atoms with Crippen molar-refractivity contribution in [1.29, 1.82) is 0 Å². The molecule has 1 saturated carbocycles. The van der Waals surface area contributed by atoms with E-state index in [9.17, 15) is 19.5 Å². The van der Waals surface area contributed by atoms with Gasteiger partial charge in [-0.3, -0.25) is 9.69 Å². The van der Waals surface area contributed by atoms with Crippen molar-refractivity contribution in [2.75, 3.05) is 31.1 Å². The van der Waals surface area contributed by atoms with Crippen LogP contribution in [0.1, 0.15) is 47.7 Å². The first-order valence-electron chi connectivity index (χ1n) is 11.2. The molecule has 0 amide bonds. The molecule has 0 unspecified atom stereocenters. The second-order valence-corrected chi connectivity index (χ2v) is 9.03. The summed E-state index contributed by atoms with van der Waals surface area (Å²) in [5, 5.41) is 9.51. The molecular formula is C23H23ClFN3O6. The van der Waals surface area contributed by atoms with Crippen LogP contribution in [0.2, 0.25) is 5.02 Å². The molecule has 0 radical (unpaired) electrons. The minimum Gasteiger partial charge on any atom is -0.477 e. The average molecular weight is 492 g/mol. The van der Waals surface area contributed by atoms with E-state index in [2.05, 4.69) is 4.90 Å². The topological polar surface area (TPSA) is 109 Å². The number of aromatic nitrogens is 1. The summed E-state index contributed by atoms with van der Waals surface area (Å²) in [7, 11) is 0. The zero-order chi connectivity index (χ0) is 24.1. The number of anilines is 1. The van der Waals surface area contributed by atoms with Gasteiger partial charge in [-0.2, -0.15) is 0 Å². The maximum atomic E-state index is 15.3. The summed E-state index contributed by atoms with van der Waals surface area (Å²) in [5.74, 6) is -1.71. The van der Waals surface area contributed by atoms with E-state index in [-0.39, 0.29) is 22.1 Å². The van der Waals surface area contributed by atoms with Crippen LogP contribution >= 0.6 is 11.6 Å². The second kappa shape index (κ2) is 8.59. The minimum atomic E-state index is -1.35. The number of aromatic carboxylic acids is 1. The molecular weight excluding hydrogens is 469 g/mol. The Bertz CT molecular complexity index is 1400. The fraction of sp³-hybridized carbons (Fsp3) is 0.435. The molecule has 2 aliphatic rings. The van der Waals surface area contributed by atoms with Crippen LogP contribution in [-0.2, 0) is 13.0 Å². The van der Waals surface area contributed by atoms with Crippen LogP contribution in [0.4, 0.5) is 10.1 Å². The zero-order valence-corrected chi connectivity index (χ0v) is 19.2. The number of rotatable bonds is 6. The highest BCUT2D eigenvalue weighted by atomic mass is 35.5. The molecule has 0 atom stereocenters. The molecule has 1 aliphatic carbocycles. The van der Waals surface area contributed by atoms with Crippen LogP contribution in [0.25, 0.3) is 10.9 Å². The van der Waals surface area contributed by atoms with Gasteiger partial charge in [0, 0.05) is 44.8 Å². The number of piperazine rings is 1. The van der Waals surface area contributed by atoms with Gasteiger partial charge in [0.05, 0.1) is 28.2 Å². The first-order valence-corrected chi connectivity index (χ1v) is 11.5. The predicted molar refractivity (Wildman–Crippen MR) is 123 cm³/mol. The Morgan fingerprint density at radius 1 is 1.18 bits per heavy atom. The standard InChI is InChI=1S/C23H23ClFN3O6/c1-2-16-17(34-23(32)33-16)11-26-5-7-27(8-6-26)20-15(25)9-13-19(18(20)24)28(12-3-4-12)10-14(21(13)29)22(30)31/h9-10,12H,2-8,11H2,1H3,(H,30,31). The highest BCUT2D eigenvalue weighted by molar-refractivity contribution is 6.38. The Labute approximate surface area is 197 Å². The fourth-order valence-electron chi connectivity index (χ4n) is 4.57. The van der Waals surface area contributed by atoms with Gasteiger partial charge in [0.25, 0.3) is 0 Å². The third-order valence-electron chi connectivity index (χ3n) is 6.46. The molecule has 9 nitrogen and oxygen atoms in total. The molecule has 0 bridgehead atoms. The molecule has 1 aliphatic heterocycles. The van der Waals surface area contributed by atoms with Crippen LogP contribution in [-0.4, -0.2) is 46.7 Å². The van der Waals surface area contributed by atoms with E-state index in [4.69, 9.17) is 20.4 Å². The normalized spacial score (nSPS) is 17.0. The molecule has 2 fully saturated rings. The van der Waals surface area contributed by atoms with Crippen molar-refractivity contribution in [2.24, 2.45) is 0 Å². The largest absolute Gasteiger partial charge is 0.519 e. The van der Waals surface area contributed by atoms with Crippen LogP contribution in [0.5, 0.6) is 0 Å². The molecule has 0 spiro atoms. The lowest BCUT2D eigenvalue weighted by molar-refractivity contribution is 0.0695. The van der Waals surface area contributed by atoms with Gasteiger partial charge in [-0.25, -0.2) is 14.0 Å². The lowest BCUT2D eigenvalue weighted by Crippen LogP contribution is -2.46. The zero-order valence-electron chi connectivity index (χ0n) is 18.5. The Morgan fingerprint density at radius 2 is 1.85 bits per heavy atom. The molecule has 11 heteroatoms. The maximum absolute atomic E-state index is 15.3. The van der Waals surface area contributed by atoms with Gasteiger partial charge in [-0.05, 0) is 18.9 Å². The molecule has 1 N–H and O–H groups in total. The smallest absolute Gasteiger partial charge is 0.477 e. The number of halogens is 2. The number of carboxylic acid groups (broad SMARTS) is 1. The van der Waals surface area contributed by atoms with E-state index < -0.39 is 28.6 Å². The number of carbonyl (C=O) groups is 1. The molecule has 180 valence electrons. The molecule has 3 aromatic rings. The van der Waals surface area contributed by atoms with E-state index in [1.165, 1.54) is 6.20 Å². The first-order chi connectivity index (χ1) is 16.3. The van der Waals surface area contributed by atoms with Gasteiger partial charge in [-0.1, -0.05) is 18.5 Å². The van der Waals surface area contributed by atoms with E-state index in [1.54, 1.807) is 4.57 Å². The molecule has 2 aromatic heterocycles. The number of hydrogen-bond acceptors (Lipinski definition) is 7. The number of benzene rings is 1. The summed E-state index contributed by atoms with van der Waals surface area (Å²) in [5.41, 5.74) is -0.570. The summed E-state index contributed by atoms with van der Waals surface area (Å²) < 4.78 is 27.2. The molecule has 1 saturated heterocycles. The van der Waals surface area contributed by atoms with E-state index in [1.807, 2.05) is 11.8 Å². The van der Waals surface area contributed by atoms with Gasteiger partial charge in [0.1, 0.15) is 11.4 Å². The van der Waals surface area contributed by atoms with Crippen LogP contribution in [0.15, 0.2) is 30.7 Å². The van der Waals surface area contributed by atoms with Crippen LogP contribution < -0.4 is 16.2 Å². The Hall–Kier alpha value is -3.11. The van der Waals surface area contributed by atoms with Crippen molar-refractivity contribution >= 4 is 34.2 Å². The minimum absolute atomic E-state index is 0.0289. The van der Waals surface area contributed by atoms with Gasteiger partial charge < -0.3 is 23.4 Å². The van der Waals surface area contributed by atoms with Crippen LogP contribution in [0.3, 0.4) is 0 Å². The molecule has 1 aromatic carbocycles. The number of nitrogens with zero attached hydrogens (tertiary/aromatic N) is 3. The van der Waals surface area contributed by atoms with Gasteiger partial charge in [0.2, 0.25) is 5.43 Å². The predicted octanol–water partition coefficient (Wildman–Crippen LogP) is 3.26. The summed E-state index contributed by atoms with van der Waals surface area (Å²) >= 11 is 6.71. The number of hydrogen-bond donors (Lipinski definition) is 1. The molecule has 34 heavy (non-hydrogen) atoms. The van der Waals surface area contributed by atoms with Crippen molar-refractivity contribution < 1.29 is 23.1 Å². The Morgan fingerprint density at radius 3 is 2.47 bits per heavy atom. The second-order valence-electron chi connectivity index (χ2n) is 8.65. The molecule has 5 rings (SSSR count). The average Bonchev–Trinajstić information content (AvgIpc) is 3.58. The van der Waals surface area contributed by atoms with E-state index >= 15 is 4.39 Å². The number of aryl methyl sites for hydroxylation is 1. The monoisotopic (exact) mass is 491 g/mol. The first kappa shape index (κ1) is 22.7. The highest BCUT2D eigenvalue weighted by Crippen LogP contribution is 2.42. The lowest BCUT2D eigenvalue weighted by atomic mass is 10.1. The Balaban J connectivity index is 1.46. The summed E-state index contributed by atoms with van der Waals surface area (Å²) in [6.07, 6.45) is 3.54. The maximum Gasteiger partial charge on any atom is 0.519 e. The molecule has 3 heterocycles. The van der Waals surface area contributed by atoms with Gasteiger partial charge in [0.15, 0.2) is 11.5 Å². The summed E-state index contributed by atoms with van der Waals surface area (Å²) in [6, 6.07) is 1.13. The number of carboxylic acids is 1. The SMILES string of the molecule is CCc1oc(=O)oc1CN1CCN(c2c(F)cc3c(=O)c(C(=O)O)cn(C4CC4)c3c2Cl)CC1. The summed E-state index contributed by atoms with van der Waals surface area (Å²) in [6.45, 7) is 4.35. The van der Waals surface area contributed by atoms with Crippen molar-refractivity contribution in [1.82, 2.24) is 9.47 Å². The third kappa shape index (κ3) is 3.90. The van der Waals surface area contributed by atoms with Crippen molar-refractivity contribution in [3.63, 3.8) is 0 Å². The Kier molecular flexibility index (Phi) is 5.73. The van der Waals surface area contributed by atoms with Crippen molar-refractivity contribution in [3.05, 3.63) is 61.0 Å². The quantitative estimate of drug-likeness (QED) is 0.559. The fourth-order valence-corrected chi connectivity index (χ4v) is 4.98. The van der Waals surface area contributed by atoms with E-state index in [0.717, 1.165) is 18.9 Å². The lowest BCUT2D eigenvalue weighted by Gasteiger charge is -2.36. The van der Waals surface area contributed by atoms with E-state index in [0.29, 0.717) is 56.2 Å². The van der Waals surface area contributed by atoms with Crippen molar-refractivity contribution in [2.45, 2.75) is 38.8 Å². The highest BCUT2D eigenvalue weighted by Gasteiger charge is 2.31. The van der Waals surface area contributed by atoms with Gasteiger partial charge in [-0.15, -0.1) is 0 Å². The third-order valence-corrected chi connectivity index (χ3v) is 6.81. The summed E-state index contributed by atoms with van der Waals surface area (Å²) in [4.78, 5) is 39.6. The van der Waals surface area contributed by atoms with Crippen LogP contribution in [0, 0.1) is 5.82 Å². The number of fused-ring (bicyclic) bond motifs is 1. The van der Waals surface area contributed by atoms with Gasteiger partial charge >= 0.3 is 11.8 Å². The number of pyridine rings is 1.